The molecule has 0 unspecified atom stereocenters. The van der Waals surface area contributed by atoms with Crippen LogP contribution >= 0.6 is 0 Å². The summed E-state index contributed by atoms with van der Waals surface area (Å²) in [7, 11) is 1.15. The van der Waals surface area contributed by atoms with Gasteiger partial charge < -0.3 is 14.0 Å². The number of rotatable bonds is 2. The molecule has 0 atom stereocenters. The van der Waals surface area contributed by atoms with Crippen molar-refractivity contribution in [3.05, 3.63) is 6.20 Å². The van der Waals surface area contributed by atoms with E-state index in [1.807, 2.05) is 27.7 Å². The van der Waals surface area contributed by atoms with Crippen molar-refractivity contribution >= 4 is 12.6 Å². The van der Waals surface area contributed by atoms with E-state index in [1.165, 1.54) is 0 Å². The molecular formula is C10H17BN2O3. The Balaban J connectivity index is 2.27. The lowest BCUT2D eigenvalue weighted by Crippen LogP contribution is -2.41. The maximum atomic E-state index is 5.89. The van der Waals surface area contributed by atoms with Crippen LogP contribution < -0.4 is 10.2 Å². The largest absolute Gasteiger partial charge is 0.502 e. The van der Waals surface area contributed by atoms with E-state index in [1.54, 1.807) is 13.3 Å². The summed E-state index contributed by atoms with van der Waals surface area (Å²) >= 11 is 0. The van der Waals surface area contributed by atoms with Crippen LogP contribution in [0.4, 0.5) is 0 Å². The van der Waals surface area contributed by atoms with Crippen LogP contribution in [0.25, 0.3) is 0 Å². The molecule has 0 spiro atoms. The molecule has 1 aromatic heterocycles. The average Bonchev–Trinajstić information content (AvgIpc) is 2.69. The molecular weight excluding hydrogens is 207 g/mol. The Bertz CT molecular complexity index is 373. The standard InChI is InChI=1S/C10H17BN2O3/c1-9(2)10(3,4)16-11(15-9)7-6-12-13-8(7)14-5/h6H,1-5H3,(H,12,13). The number of hydrogen-bond acceptors (Lipinski definition) is 4. The van der Waals surface area contributed by atoms with Crippen LogP contribution in [0.15, 0.2) is 6.20 Å². The molecule has 5 nitrogen and oxygen atoms in total. The van der Waals surface area contributed by atoms with Crippen molar-refractivity contribution in [2.45, 2.75) is 38.9 Å². The lowest BCUT2D eigenvalue weighted by Gasteiger charge is -2.32. The summed E-state index contributed by atoms with van der Waals surface area (Å²) in [5.74, 6) is 0.582. The predicted molar refractivity (Wildman–Crippen MR) is 60.9 cm³/mol. The first-order valence-electron chi connectivity index (χ1n) is 5.30. The van der Waals surface area contributed by atoms with Crippen LogP contribution in [0.1, 0.15) is 27.7 Å². The number of nitrogens with zero attached hydrogens (tertiary/aromatic N) is 1. The highest BCUT2D eigenvalue weighted by Crippen LogP contribution is 2.36. The quantitative estimate of drug-likeness (QED) is 0.752. The Labute approximate surface area is 95.6 Å². The monoisotopic (exact) mass is 224 g/mol. The highest BCUT2D eigenvalue weighted by atomic mass is 16.7. The minimum Gasteiger partial charge on any atom is -0.482 e. The fraction of sp³-hybridized carbons (Fsp3) is 0.700. The highest BCUT2D eigenvalue weighted by Gasteiger charge is 2.52. The molecule has 2 heterocycles. The van der Waals surface area contributed by atoms with Gasteiger partial charge in [-0.25, -0.2) is 5.10 Å². The van der Waals surface area contributed by atoms with E-state index in [4.69, 9.17) is 14.0 Å². The van der Waals surface area contributed by atoms with Crippen molar-refractivity contribution in [2.24, 2.45) is 0 Å². The Morgan fingerprint density at radius 1 is 1.25 bits per heavy atom. The molecule has 6 heteroatoms. The van der Waals surface area contributed by atoms with Crippen molar-refractivity contribution in [1.29, 1.82) is 0 Å². The van der Waals surface area contributed by atoms with E-state index < -0.39 is 7.12 Å². The molecule has 0 saturated carbocycles. The Kier molecular flexibility index (Phi) is 2.51. The SMILES string of the molecule is COc1[nH]ncc1B1OC(C)(C)C(C)(C)O1. The van der Waals surface area contributed by atoms with Crippen molar-refractivity contribution in [1.82, 2.24) is 10.2 Å². The van der Waals surface area contributed by atoms with Crippen LogP contribution in [0.2, 0.25) is 0 Å². The summed E-state index contributed by atoms with van der Waals surface area (Å²) < 4.78 is 16.9. The molecule has 1 N–H and O–H groups in total. The molecule has 1 aromatic rings. The Morgan fingerprint density at radius 2 is 1.81 bits per heavy atom. The third kappa shape index (κ3) is 1.62. The van der Waals surface area contributed by atoms with Crippen LogP contribution in [0, 0.1) is 0 Å². The van der Waals surface area contributed by atoms with Gasteiger partial charge >= 0.3 is 7.12 Å². The van der Waals surface area contributed by atoms with Gasteiger partial charge in [-0.2, -0.15) is 5.10 Å². The molecule has 1 aliphatic rings. The molecule has 0 radical (unpaired) electrons. The number of aromatic amines is 1. The van der Waals surface area contributed by atoms with Crippen LogP contribution in [-0.4, -0.2) is 35.6 Å². The van der Waals surface area contributed by atoms with Gasteiger partial charge in [0.05, 0.1) is 30.0 Å². The molecule has 2 rings (SSSR count). The minimum atomic E-state index is -0.432. The van der Waals surface area contributed by atoms with Gasteiger partial charge in [-0.3, -0.25) is 0 Å². The third-order valence-corrected chi connectivity index (χ3v) is 3.34. The zero-order valence-electron chi connectivity index (χ0n) is 10.3. The van der Waals surface area contributed by atoms with E-state index in [2.05, 4.69) is 10.2 Å². The second-order valence-corrected chi connectivity index (χ2v) is 4.95. The van der Waals surface area contributed by atoms with Crippen LogP contribution in [0.5, 0.6) is 5.88 Å². The fourth-order valence-corrected chi connectivity index (χ4v) is 1.59. The lowest BCUT2D eigenvalue weighted by molar-refractivity contribution is 0.00578. The molecule has 0 aromatic carbocycles. The van der Waals surface area contributed by atoms with Gasteiger partial charge in [0.15, 0.2) is 0 Å². The number of hydrogen-bond donors (Lipinski definition) is 1. The van der Waals surface area contributed by atoms with Crippen molar-refractivity contribution in [3.8, 4) is 5.88 Å². The Morgan fingerprint density at radius 3 is 2.31 bits per heavy atom. The molecule has 16 heavy (non-hydrogen) atoms. The summed E-state index contributed by atoms with van der Waals surface area (Å²) in [4.78, 5) is 0. The summed E-state index contributed by atoms with van der Waals surface area (Å²) in [6.07, 6.45) is 1.67. The zero-order valence-corrected chi connectivity index (χ0v) is 10.3. The normalized spacial score (nSPS) is 22.4. The molecule has 88 valence electrons. The number of ether oxygens (including phenoxy) is 1. The molecule has 0 amide bonds. The first kappa shape index (κ1) is 11.5. The van der Waals surface area contributed by atoms with Gasteiger partial charge in [0.25, 0.3) is 0 Å². The second-order valence-electron chi connectivity index (χ2n) is 4.95. The second kappa shape index (κ2) is 3.50. The molecule has 1 saturated heterocycles. The van der Waals surface area contributed by atoms with E-state index in [9.17, 15) is 0 Å². The molecule has 0 aliphatic carbocycles. The average molecular weight is 224 g/mol. The van der Waals surface area contributed by atoms with Crippen LogP contribution in [0.3, 0.4) is 0 Å². The van der Waals surface area contributed by atoms with Crippen molar-refractivity contribution in [3.63, 3.8) is 0 Å². The third-order valence-electron chi connectivity index (χ3n) is 3.34. The Hall–Kier alpha value is -1.01. The first-order chi connectivity index (χ1) is 7.37. The number of methoxy groups -OCH3 is 1. The van der Waals surface area contributed by atoms with Gasteiger partial charge in [0.2, 0.25) is 5.88 Å². The maximum absolute atomic E-state index is 5.89. The van der Waals surface area contributed by atoms with Gasteiger partial charge in [0.1, 0.15) is 0 Å². The summed E-state index contributed by atoms with van der Waals surface area (Å²) in [5, 5.41) is 6.68. The van der Waals surface area contributed by atoms with E-state index >= 15 is 0 Å². The van der Waals surface area contributed by atoms with Crippen molar-refractivity contribution in [2.75, 3.05) is 7.11 Å². The highest BCUT2D eigenvalue weighted by molar-refractivity contribution is 6.63. The lowest BCUT2D eigenvalue weighted by atomic mass is 9.81. The summed E-state index contributed by atoms with van der Waals surface area (Å²) in [6.45, 7) is 8.05. The van der Waals surface area contributed by atoms with Crippen molar-refractivity contribution < 1.29 is 14.0 Å². The topological polar surface area (TPSA) is 56.4 Å². The smallest absolute Gasteiger partial charge is 0.482 e. The van der Waals surface area contributed by atoms with Gasteiger partial charge in [-0.05, 0) is 27.7 Å². The van der Waals surface area contributed by atoms with E-state index in [-0.39, 0.29) is 11.2 Å². The molecule has 1 fully saturated rings. The van der Waals surface area contributed by atoms with Gasteiger partial charge in [-0.1, -0.05) is 0 Å². The fourth-order valence-electron chi connectivity index (χ4n) is 1.59. The summed E-state index contributed by atoms with van der Waals surface area (Å²) in [6, 6.07) is 0. The first-order valence-corrected chi connectivity index (χ1v) is 5.30. The number of aromatic nitrogens is 2. The molecule has 0 bridgehead atoms. The zero-order chi connectivity index (χ0) is 12.0. The van der Waals surface area contributed by atoms with E-state index in [0.29, 0.717) is 5.88 Å². The van der Waals surface area contributed by atoms with Gasteiger partial charge in [-0.15, -0.1) is 0 Å². The minimum absolute atomic E-state index is 0.347. The summed E-state index contributed by atoms with van der Waals surface area (Å²) in [5.41, 5.74) is 0.0982. The predicted octanol–water partition coefficient (Wildman–Crippen LogP) is 0.717. The molecule has 1 aliphatic heterocycles. The number of nitrogens with one attached hydrogen (secondary N) is 1. The maximum Gasteiger partial charge on any atom is 0.502 e. The number of H-pyrrole nitrogens is 1. The van der Waals surface area contributed by atoms with Crippen LogP contribution in [-0.2, 0) is 9.31 Å². The van der Waals surface area contributed by atoms with E-state index in [0.717, 1.165) is 5.46 Å². The van der Waals surface area contributed by atoms with Gasteiger partial charge in [0, 0.05) is 0 Å².